The van der Waals surface area contributed by atoms with Gasteiger partial charge in [-0.3, -0.25) is 9.59 Å². The summed E-state index contributed by atoms with van der Waals surface area (Å²) in [5.74, 6) is 0.598. The summed E-state index contributed by atoms with van der Waals surface area (Å²) in [5.41, 5.74) is 6.18. The van der Waals surface area contributed by atoms with Gasteiger partial charge < -0.3 is 9.64 Å². The van der Waals surface area contributed by atoms with Gasteiger partial charge in [0, 0.05) is 33.6 Å². The summed E-state index contributed by atoms with van der Waals surface area (Å²) >= 11 is 0. The molecule has 1 unspecified atom stereocenters. The first-order valence-electron chi connectivity index (χ1n) is 17.7. The molecule has 7 aromatic carbocycles. The Bertz CT molecular complexity index is 2610. The molecule has 0 spiro atoms. The lowest BCUT2D eigenvalue weighted by Crippen LogP contribution is -2.19. The molecule has 0 bridgehead atoms. The number of hydrogen-bond acceptors (Lipinski definition) is 4. The highest BCUT2D eigenvalue weighted by molar-refractivity contribution is 6.42. The van der Waals surface area contributed by atoms with Gasteiger partial charge in [-0.25, -0.2) is 0 Å². The van der Waals surface area contributed by atoms with E-state index in [1.54, 1.807) is 6.08 Å². The second-order valence-corrected chi connectivity index (χ2v) is 13.8. The van der Waals surface area contributed by atoms with E-state index >= 15 is 0 Å². The number of allylic oxidation sites excluding steroid dienone is 5. The lowest BCUT2D eigenvalue weighted by Gasteiger charge is -2.31. The third-order valence-corrected chi connectivity index (χ3v) is 10.1. The number of anilines is 2. The Labute approximate surface area is 302 Å². The molecule has 0 saturated carbocycles. The third kappa shape index (κ3) is 5.78. The van der Waals surface area contributed by atoms with Crippen molar-refractivity contribution in [1.82, 2.24) is 0 Å². The van der Waals surface area contributed by atoms with Crippen molar-refractivity contribution in [2.24, 2.45) is 5.92 Å². The molecule has 250 valence electrons. The average Bonchev–Trinajstić information content (AvgIpc) is 3.40. The van der Waals surface area contributed by atoms with Crippen LogP contribution in [0.1, 0.15) is 45.2 Å². The van der Waals surface area contributed by atoms with Crippen LogP contribution >= 0.6 is 0 Å². The summed E-state index contributed by atoms with van der Waals surface area (Å²) in [5, 5.41) is 6.15. The first-order chi connectivity index (χ1) is 25.5. The summed E-state index contributed by atoms with van der Waals surface area (Å²) in [6.07, 6.45) is 9.23. The standard InChI is InChI=1S/C48H35NO3/c1-31-10-9-17-39(22-31)49(40-20-18-34-13-5-6-14-35(34)26-40)41-21-19-38-23-33(25-46(42(38)29-41)52-30-32-11-3-2-4-12-32)24-45-47(50)43-27-36-15-7-8-16-37(36)28-44(43)48(45)51/h2-21,23-29,31H,22,30H2,1H3. The number of ketones is 2. The van der Waals surface area contributed by atoms with Gasteiger partial charge in [0.2, 0.25) is 0 Å². The lowest BCUT2D eigenvalue weighted by molar-refractivity contribution is 0.0990. The fraction of sp³-hybridized carbons (Fsp3) is 0.0833. The zero-order valence-electron chi connectivity index (χ0n) is 28.8. The molecular weight excluding hydrogens is 639 g/mol. The number of hydrogen-bond donors (Lipinski definition) is 0. The zero-order chi connectivity index (χ0) is 35.2. The summed E-state index contributed by atoms with van der Waals surface area (Å²) in [7, 11) is 0. The van der Waals surface area contributed by atoms with E-state index in [0.717, 1.165) is 50.5 Å². The molecule has 1 atom stereocenters. The van der Waals surface area contributed by atoms with Crippen molar-refractivity contribution in [3.8, 4) is 5.75 Å². The molecule has 0 radical (unpaired) electrons. The van der Waals surface area contributed by atoms with Gasteiger partial charge in [-0.15, -0.1) is 0 Å². The average molecular weight is 674 g/mol. The highest BCUT2D eigenvalue weighted by atomic mass is 16.5. The number of nitrogens with zero attached hydrogens (tertiary/aromatic N) is 1. The summed E-state index contributed by atoms with van der Waals surface area (Å²) < 4.78 is 6.60. The van der Waals surface area contributed by atoms with E-state index in [4.69, 9.17) is 4.74 Å². The lowest BCUT2D eigenvalue weighted by atomic mass is 9.97. The Morgan fingerprint density at radius 2 is 1.27 bits per heavy atom. The molecule has 0 fully saturated rings. The van der Waals surface area contributed by atoms with E-state index < -0.39 is 0 Å². The zero-order valence-corrected chi connectivity index (χ0v) is 28.8. The fourth-order valence-electron chi connectivity index (χ4n) is 7.50. The smallest absolute Gasteiger partial charge is 0.197 e. The number of benzene rings is 7. The molecule has 0 aliphatic heterocycles. The molecule has 0 aromatic heterocycles. The van der Waals surface area contributed by atoms with Gasteiger partial charge in [0.15, 0.2) is 11.6 Å². The van der Waals surface area contributed by atoms with E-state index in [9.17, 15) is 9.59 Å². The Morgan fingerprint density at radius 3 is 1.96 bits per heavy atom. The Morgan fingerprint density at radius 1 is 0.654 bits per heavy atom. The number of carbonyl (C=O) groups excluding carboxylic acids is 2. The van der Waals surface area contributed by atoms with Crippen LogP contribution in [0.5, 0.6) is 5.75 Å². The van der Waals surface area contributed by atoms with Crippen LogP contribution in [0, 0.1) is 5.92 Å². The van der Waals surface area contributed by atoms with Crippen molar-refractivity contribution in [3.63, 3.8) is 0 Å². The molecule has 0 saturated heterocycles. The fourth-order valence-corrected chi connectivity index (χ4v) is 7.50. The molecule has 7 aromatic rings. The minimum absolute atomic E-state index is 0.171. The topological polar surface area (TPSA) is 46.6 Å². The van der Waals surface area contributed by atoms with Gasteiger partial charge in [0.1, 0.15) is 12.4 Å². The number of Topliss-reactive ketones (excluding diaryl/α,β-unsaturated/α-hetero) is 2. The van der Waals surface area contributed by atoms with Crippen LogP contribution in [0.15, 0.2) is 169 Å². The van der Waals surface area contributed by atoms with Crippen LogP contribution in [0.4, 0.5) is 11.4 Å². The third-order valence-electron chi connectivity index (χ3n) is 10.1. The minimum Gasteiger partial charge on any atom is -0.488 e. The van der Waals surface area contributed by atoms with Gasteiger partial charge >= 0.3 is 0 Å². The molecule has 0 N–H and O–H groups in total. The van der Waals surface area contributed by atoms with E-state index in [0.29, 0.717) is 29.4 Å². The maximum atomic E-state index is 13.7. The van der Waals surface area contributed by atoms with Crippen molar-refractivity contribution < 1.29 is 14.3 Å². The van der Waals surface area contributed by atoms with E-state index in [1.165, 1.54) is 16.5 Å². The Balaban J connectivity index is 1.16. The van der Waals surface area contributed by atoms with E-state index in [2.05, 4.69) is 90.7 Å². The van der Waals surface area contributed by atoms with Gasteiger partial charge in [0.05, 0.1) is 5.57 Å². The van der Waals surface area contributed by atoms with Gasteiger partial charge in [-0.1, -0.05) is 110 Å². The molecule has 9 rings (SSSR count). The molecule has 4 heteroatoms. The maximum absolute atomic E-state index is 13.7. The second kappa shape index (κ2) is 13.0. The van der Waals surface area contributed by atoms with Gasteiger partial charge in [0.25, 0.3) is 0 Å². The van der Waals surface area contributed by atoms with Crippen molar-refractivity contribution >= 4 is 61.3 Å². The van der Waals surface area contributed by atoms with Gasteiger partial charge in [-0.2, -0.15) is 0 Å². The van der Waals surface area contributed by atoms with E-state index in [-0.39, 0.29) is 17.1 Å². The van der Waals surface area contributed by atoms with Crippen LogP contribution in [-0.2, 0) is 6.61 Å². The minimum atomic E-state index is -0.247. The number of fused-ring (bicyclic) bond motifs is 4. The van der Waals surface area contributed by atoms with Crippen LogP contribution in [0.25, 0.3) is 38.4 Å². The van der Waals surface area contributed by atoms with Crippen molar-refractivity contribution in [3.05, 3.63) is 191 Å². The SMILES string of the molecule is CC1C=CC=C(N(c2ccc3ccccc3c2)c2ccc3cc(C=C4C(=O)c5cc6ccccc6cc5C4=O)cc(OCc4ccccc4)c3c2)C1. The molecule has 0 heterocycles. The highest BCUT2D eigenvalue weighted by Gasteiger charge is 2.33. The number of carbonyl (C=O) groups is 2. The summed E-state index contributed by atoms with van der Waals surface area (Å²) in [4.78, 5) is 29.7. The quantitative estimate of drug-likeness (QED) is 0.125. The van der Waals surface area contributed by atoms with Crippen molar-refractivity contribution in [1.29, 1.82) is 0 Å². The number of rotatable bonds is 7. The van der Waals surface area contributed by atoms with E-state index in [1.807, 2.05) is 78.9 Å². The summed E-state index contributed by atoms with van der Waals surface area (Å²) in [6.45, 7) is 2.62. The first-order valence-corrected chi connectivity index (χ1v) is 17.7. The number of ether oxygens (including phenoxy) is 1. The molecule has 0 amide bonds. The molecule has 2 aliphatic rings. The van der Waals surface area contributed by atoms with Crippen molar-refractivity contribution in [2.75, 3.05) is 4.90 Å². The largest absolute Gasteiger partial charge is 0.488 e. The van der Waals surface area contributed by atoms with Crippen LogP contribution in [0.2, 0.25) is 0 Å². The van der Waals surface area contributed by atoms with Crippen LogP contribution in [-0.4, -0.2) is 11.6 Å². The normalized spacial score (nSPS) is 15.3. The van der Waals surface area contributed by atoms with Crippen LogP contribution < -0.4 is 9.64 Å². The predicted molar refractivity (Wildman–Crippen MR) is 212 cm³/mol. The second-order valence-electron chi connectivity index (χ2n) is 13.8. The Kier molecular flexibility index (Phi) is 7.85. The first kappa shape index (κ1) is 31.5. The maximum Gasteiger partial charge on any atom is 0.197 e. The van der Waals surface area contributed by atoms with Gasteiger partial charge in [-0.05, 0) is 111 Å². The predicted octanol–water partition coefficient (Wildman–Crippen LogP) is 11.8. The van der Waals surface area contributed by atoms with Crippen molar-refractivity contribution in [2.45, 2.75) is 20.0 Å². The summed E-state index contributed by atoms with van der Waals surface area (Å²) in [6, 6.07) is 47.1. The monoisotopic (exact) mass is 673 g/mol. The molecule has 4 nitrogen and oxygen atoms in total. The van der Waals surface area contributed by atoms with Crippen LogP contribution in [0.3, 0.4) is 0 Å². The Hall–Kier alpha value is -6.52. The molecule has 52 heavy (non-hydrogen) atoms. The molecular formula is C48H35NO3. The molecule has 2 aliphatic carbocycles. The highest BCUT2D eigenvalue weighted by Crippen LogP contribution is 2.40.